The van der Waals surface area contributed by atoms with Crippen molar-refractivity contribution in [3.8, 4) is 0 Å². The molecule has 0 saturated carbocycles. The molecule has 0 bridgehead atoms. The lowest BCUT2D eigenvalue weighted by atomic mass is 10.4. The number of nitrogen functional groups attached to an aromatic ring is 1. The number of carbonyl (C=O) groups excluding carboxylic acids is 1. The first-order valence-electron chi connectivity index (χ1n) is 5.38. The average Bonchev–Trinajstić information content (AvgIpc) is 2.53. The van der Waals surface area contributed by atoms with Crippen molar-refractivity contribution in [1.29, 1.82) is 0 Å². The minimum absolute atomic E-state index is 0.0150. The number of aromatic nitrogens is 3. The van der Waals surface area contributed by atoms with Crippen molar-refractivity contribution >= 4 is 19.8 Å². The maximum absolute atomic E-state index is 10.9. The molecule has 0 aliphatic rings. The predicted octanol–water partition coefficient (Wildman–Crippen LogP) is 0.272. The summed E-state index contributed by atoms with van der Waals surface area (Å²) in [5.41, 5.74) is 10.7. The van der Waals surface area contributed by atoms with E-state index < -0.39 is 14.0 Å². The summed E-state index contributed by atoms with van der Waals surface area (Å²) >= 11 is 0. The SMILES string of the molecule is C[Si](C)(C)CCOCn1nnc(C(N)=O)c1N. The molecule has 8 heteroatoms. The van der Waals surface area contributed by atoms with Gasteiger partial charge in [0.1, 0.15) is 6.73 Å². The van der Waals surface area contributed by atoms with Crippen LogP contribution in [0.15, 0.2) is 0 Å². The summed E-state index contributed by atoms with van der Waals surface area (Å²) < 4.78 is 6.76. The molecule has 0 spiro atoms. The van der Waals surface area contributed by atoms with Gasteiger partial charge in [-0.25, -0.2) is 4.68 Å². The topological polar surface area (TPSA) is 109 Å². The van der Waals surface area contributed by atoms with Gasteiger partial charge < -0.3 is 16.2 Å². The Labute approximate surface area is 101 Å². The molecule has 17 heavy (non-hydrogen) atoms. The molecule has 1 rings (SSSR count). The van der Waals surface area contributed by atoms with Gasteiger partial charge in [-0.3, -0.25) is 4.79 Å². The minimum Gasteiger partial charge on any atom is -0.382 e. The maximum atomic E-state index is 10.9. The third-order valence-electron chi connectivity index (χ3n) is 2.22. The molecule has 96 valence electrons. The van der Waals surface area contributed by atoms with Gasteiger partial charge in [0.25, 0.3) is 5.91 Å². The van der Waals surface area contributed by atoms with E-state index >= 15 is 0 Å². The maximum Gasteiger partial charge on any atom is 0.273 e. The molecule has 0 saturated heterocycles. The summed E-state index contributed by atoms with van der Waals surface area (Å²) in [6.07, 6.45) is 0. The molecule has 0 aliphatic carbocycles. The van der Waals surface area contributed by atoms with Crippen molar-refractivity contribution in [3.63, 3.8) is 0 Å². The second-order valence-corrected chi connectivity index (χ2v) is 10.7. The first-order valence-corrected chi connectivity index (χ1v) is 9.08. The zero-order valence-electron chi connectivity index (χ0n) is 10.4. The van der Waals surface area contributed by atoms with Gasteiger partial charge >= 0.3 is 0 Å². The van der Waals surface area contributed by atoms with Crippen molar-refractivity contribution in [2.75, 3.05) is 12.3 Å². The van der Waals surface area contributed by atoms with Gasteiger partial charge in [0.15, 0.2) is 11.5 Å². The third kappa shape index (κ3) is 4.15. The zero-order chi connectivity index (χ0) is 13.1. The Morgan fingerprint density at radius 2 is 2.12 bits per heavy atom. The number of rotatable bonds is 6. The number of anilines is 1. The monoisotopic (exact) mass is 257 g/mol. The van der Waals surface area contributed by atoms with E-state index in [9.17, 15) is 4.79 Å². The van der Waals surface area contributed by atoms with Crippen LogP contribution in [0.2, 0.25) is 25.7 Å². The smallest absolute Gasteiger partial charge is 0.273 e. The Hall–Kier alpha value is -1.41. The Morgan fingerprint density at radius 1 is 1.47 bits per heavy atom. The molecule has 1 heterocycles. The Bertz CT molecular complexity index is 399. The lowest BCUT2D eigenvalue weighted by Crippen LogP contribution is -2.22. The van der Waals surface area contributed by atoms with Crippen molar-refractivity contribution in [2.45, 2.75) is 32.4 Å². The molecule has 0 radical (unpaired) electrons. The average molecular weight is 257 g/mol. The van der Waals surface area contributed by atoms with Crippen molar-refractivity contribution in [1.82, 2.24) is 15.0 Å². The molecule has 7 nitrogen and oxygen atoms in total. The number of nitrogens with zero attached hydrogens (tertiary/aromatic N) is 3. The molecule has 0 unspecified atom stereocenters. The second-order valence-electron chi connectivity index (χ2n) is 5.04. The van der Waals surface area contributed by atoms with Gasteiger partial charge in [-0.05, 0) is 6.04 Å². The van der Waals surface area contributed by atoms with E-state index in [1.165, 1.54) is 4.68 Å². The molecular weight excluding hydrogens is 238 g/mol. The van der Waals surface area contributed by atoms with Crippen molar-refractivity contribution < 1.29 is 9.53 Å². The number of hydrogen-bond donors (Lipinski definition) is 2. The summed E-state index contributed by atoms with van der Waals surface area (Å²) in [7, 11) is -1.10. The Balaban J connectivity index is 2.45. The number of carbonyl (C=O) groups is 1. The normalized spacial score (nSPS) is 11.7. The largest absolute Gasteiger partial charge is 0.382 e. The van der Waals surface area contributed by atoms with E-state index in [1.807, 2.05) is 0 Å². The van der Waals surface area contributed by atoms with E-state index in [4.69, 9.17) is 16.2 Å². The fourth-order valence-electron chi connectivity index (χ4n) is 1.12. The van der Waals surface area contributed by atoms with Crippen LogP contribution in [-0.2, 0) is 11.5 Å². The summed E-state index contributed by atoms with van der Waals surface area (Å²) in [6, 6.07) is 1.06. The van der Waals surface area contributed by atoms with E-state index in [-0.39, 0.29) is 18.2 Å². The predicted molar refractivity (Wildman–Crippen MR) is 67.1 cm³/mol. The highest BCUT2D eigenvalue weighted by Gasteiger charge is 2.15. The van der Waals surface area contributed by atoms with Crippen LogP contribution >= 0.6 is 0 Å². The number of primary amides is 1. The standard InChI is InChI=1S/C9H19N5O2Si/c1-17(2,3)5-4-16-6-14-8(10)7(9(11)15)12-13-14/h4-6,10H2,1-3H3,(H2,11,15). The van der Waals surface area contributed by atoms with Crippen LogP contribution in [-0.4, -0.2) is 35.6 Å². The van der Waals surface area contributed by atoms with Gasteiger partial charge in [0.05, 0.1) is 0 Å². The number of ether oxygens (including phenoxy) is 1. The number of hydrogen-bond acceptors (Lipinski definition) is 5. The van der Waals surface area contributed by atoms with E-state index in [0.717, 1.165) is 6.04 Å². The molecule has 0 aromatic carbocycles. The minimum atomic E-state index is -1.10. The van der Waals surface area contributed by atoms with Gasteiger partial charge in [-0.15, -0.1) is 5.10 Å². The highest BCUT2D eigenvalue weighted by molar-refractivity contribution is 6.76. The third-order valence-corrected chi connectivity index (χ3v) is 3.92. The van der Waals surface area contributed by atoms with Crippen molar-refractivity contribution in [2.24, 2.45) is 5.73 Å². The van der Waals surface area contributed by atoms with Crippen LogP contribution in [0.25, 0.3) is 0 Å². The fraction of sp³-hybridized carbons (Fsp3) is 0.667. The molecule has 0 aliphatic heterocycles. The van der Waals surface area contributed by atoms with Gasteiger partial charge in [0, 0.05) is 14.7 Å². The van der Waals surface area contributed by atoms with Crippen LogP contribution in [0.1, 0.15) is 10.5 Å². The van der Waals surface area contributed by atoms with Crippen molar-refractivity contribution in [3.05, 3.63) is 5.69 Å². The Kier molecular flexibility index (Phi) is 4.24. The first kappa shape index (κ1) is 13.7. The quantitative estimate of drug-likeness (QED) is 0.561. The molecule has 0 fully saturated rings. The lowest BCUT2D eigenvalue weighted by Gasteiger charge is -2.15. The molecule has 4 N–H and O–H groups in total. The van der Waals surface area contributed by atoms with Crippen LogP contribution in [0.5, 0.6) is 0 Å². The molecule has 1 aromatic heterocycles. The van der Waals surface area contributed by atoms with Crippen LogP contribution in [0.3, 0.4) is 0 Å². The number of nitrogens with two attached hydrogens (primary N) is 2. The molecular formula is C9H19N5O2Si. The highest BCUT2D eigenvalue weighted by atomic mass is 28.3. The van der Waals surface area contributed by atoms with Gasteiger partial charge in [-0.2, -0.15) is 0 Å². The molecule has 1 aromatic rings. The fourth-order valence-corrected chi connectivity index (χ4v) is 1.88. The van der Waals surface area contributed by atoms with E-state index in [1.54, 1.807) is 0 Å². The molecule has 1 amide bonds. The second kappa shape index (κ2) is 5.28. The van der Waals surface area contributed by atoms with E-state index in [0.29, 0.717) is 6.61 Å². The molecule has 0 atom stereocenters. The summed E-state index contributed by atoms with van der Waals surface area (Å²) in [5, 5.41) is 7.28. The zero-order valence-corrected chi connectivity index (χ0v) is 11.4. The van der Waals surface area contributed by atoms with Crippen LogP contribution in [0, 0.1) is 0 Å². The van der Waals surface area contributed by atoms with Crippen LogP contribution < -0.4 is 11.5 Å². The summed E-state index contributed by atoms with van der Waals surface area (Å²) in [5.74, 6) is -0.540. The van der Waals surface area contributed by atoms with Crippen LogP contribution in [0.4, 0.5) is 5.82 Å². The van der Waals surface area contributed by atoms with Gasteiger partial charge in [0.2, 0.25) is 0 Å². The number of amides is 1. The lowest BCUT2D eigenvalue weighted by molar-refractivity contribution is 0.0788. The Morgan fingerprint density at radius 3 is 2.59 bits per heavy atom. The first-order chi connectivity index (χ1) is 7.81. The van der Waals surface area contributed by atoms with E-state index in [2.05, 4.69) is 30.0 Å². The summed E-state index contributed by atoms with van der Waals surface area (Å²) in [6.45, 7) is 7.65. The van der Waals surface area contributed by atoms with Gasteiger partial charge in [-0.1, -0.05) is 24.9 Å². The highest BCUT2D eigenvalue weighted by Crippen LogP contribution is 2.09. The summed E-state index contributed by atoms with van der Waals surface area (Å²) in [4.78, 5) is 10.9.